The van der Waals surface area contributed by atoms with Crippen molar-refractivity contribution in [3.8, 4) is 0 Å². The number of rotatable bonds is 12. The van der Waals surface area contributed by atoms with Crippen LogP contribution in [0.4, 0.5) is 0 Å². The predicted octanol–water partition coefficient (Wildman–Crippen LogP) is 16.0. The molecule has 18 unspecified atom stereocenters. The Morgan fingerprint density at radius 2 is 0.800 bits per heavy atom. The van der Waals surface area contributed by atoms with Crippen LogP contribution in [0.15, 0.2) is 0 Å². The molecule has 0 aliphatic heterocycles. The highest BCUT2D eigenvalue weighted by molar-refractivity contribution is 5.12. The lowest BCUT2D eigenvalue weighted by Crippen LogP contribution is -2.55. The molecule has 0 N–H and O–H groups in total. The second kappa shape index (κ2) is 16.1. The third-order valence-corrected chi connectivity index (χ3v) is 22.0. The molecule has 0 saturated heterocycles. The van der Waals surface area contributed by atoms with Crippen LogP contribution in [0.25, 0.3) is 0 Å². The van der Waals surface area contributed by atoms with Crippen LogP contribution in [-0.2, 0) is 4.74 Å². The lowest BCUT2D eigenvalue weighted by Gasteiger charge is -2.62. The quantitative estimate of drug-likeness (QED) is 0.193. The van der Waals surface area contributed by atoms with Gasteiger partial charge in [-0.3, -0.25) is 0 Å². The van der Waals surface area contributed by atoms with Gasteiger partial charge >= 0.3 is 0 Å². The summed E-state index contributed by atoms with van der Waals surface area (Å²) >= 11 is 0. The van der Waals surface area contributed by atoms with Crippen LogP contribution in [0.5, 0.6) is 0 Å². The summed E-state index contributed by atoms with van der Waals surface area (Å²) in [6.07, 6.45) is 36.6. The van der Waals surface area contributed by atoms with E-state index in [1.54, 1.807) is 12.8 Å². The molecular formula is C54H94O. The summed E-state index contributed by atoms with van der Waals surface area (Å²) in [5, 5.41) is 0. The minimum Gasteiger partial charge on any atom is -0.375 e. The Labute approximate surface area is 343 Å². The van der Waals surface area contributed by atoms with E-state index in [1.807, 2.05) is 0 Å². The highest BCUT2D eigenvalue weighted by Gasteiger charge is 2.63. The highest BCUT2D eigenvalue weighted by atomic mass is 16.5. The van der Waals surface area contributed by atoms with E-state index in [2.05, 4.69) is 69.2 Å². The van der Waals surface area contributed by atoms with Crippen molar-refractivity contribution in [2.45, 2.75) is 236 Å². The van der Waals surface area contributed by atoms with Gasteiger partial charge in [-0.25, -0.2) is 0 Å². The van der Waals surface area contributed by atoms with Crippen LogP contribution in [0.1, 0.15) is 223 Å². The number of hydrogen-bond acceptors (Lipinski definition) is 1. The first-order valence-corrected chi connectivity index (χ1v) is 25.8. The predicted molar refractivity (Wildman–Crippen MR) is 235 cm³/mol. The van der Waals surface area contributed by atoms with Gasteiger partial charge in [0.25, 0.3) is 0 Å². The van der Waals surface area contributed by atoms with Gasteiger partial charge in [0, 0.05) is 0 Å². The van der Waals surface area contributed by atoms with E-state index >= 15 is 0 Å². The van der Waals surface area contributed by atoms with Crippen molar-refractivity contribution in [3.05, 3.63) is 0 Å². The normalized spacial score (nSPS) is 50.4. The molecule has 1 heteroatoms. The molecular weight excluding hydrogens is 665 g/mol. The van der Waals surface area contributed by atoms with Crippen LogP contribution in [0, 0.1) is 105 Å². The Bertz CT molecular complexity index is 1190. The molecule has 0 spiro atoms. The molecule has 0 aromatic rings. The van der Waals surface area contributed by atoms with Gasteiger partial charge in [-0.15, -0.1) is 0 Å². The zero-order valence-electron chi connectivity index (χ0n) is 38.6. The molecule has 8 rings (SSSR count). The molecule has 0 amide bonds. The van der Waals surface area contributed by atoms with Gasteiger partial charge in [0.15, 0.2) is 0 Å². The first kappa shape index (κ1) is 41.7. The van der Waals surface area contributed by atoms with E-state index in [1.165, 1.54) is 141 Å². The average molecular weight is 759 g/mol. The Hall–Kier alpha value is -0.0400. The van der Waals surface area contributed by atoms with E-state index in [0.29, 0.717) is 33.9 Å². The van der Waals surface area contributed by atoms with Crippen molar-refractivity contribution < 1.29 is 4.74 Å². The van der Waals surface area contributed by atoms with Crippen molar-refractivity contribution >= 4 is 0 Å². The monoisotopic (exact) mass is 759 g/mol. The van der Waals surface area contributed by atoms with E-state index in [4.69, 9.17) is 4.74 Å². The van der Waals surface area contributed by atoms with Crippen LogP contribution in [-0.4, -0.2) is 12.2 Å². The van der Waals surface area contributed by atoms with Gasteiger partial charge in [0.1, 0.15) is 0 Å². The van der Waals surface area contributed by atoms with Crippen molar-refractivity contribution in [1.29, 1.82) is 0 Å². The van der Waals surface area contributed by atoms with Crippen LogP contribution in [0.3, 0.4) is 0 Å². The minimum absolute atomic E-state index is 0.546. The van der Waals surface area contributed by atoms with Crippen LogP contribution >= 0.6 is 0 Å². The largest absolute Gasteiger partial charge is 0.375 e. The summed E-state index contributed by atoms with van der Waals surface area (Å²) in [5.41, 5.74) is 2.40. The van der Waals surface area contributed by atoms with Gasteiger partial charge in [-0.05, 0) is 220 Å². The first-order valence-electron chi connectivity index (χ1n) is 25.8. The van der Waals surface area contributed by atoms with Gasteiger partial charge in [-0.1, -0.05) is 108 Å². The molecule has 8 fully saturated rings. The molecule has 316 valence electrons. The Morgan fingerprint density at radius 3 is 1.20 bits per heavy atom. The first-order chi connectivity index (χ1) is 26.2. The maximum atomic E-state index is 7.34. The zero-order valence-corrected chi connectivity index (χ0v) is 38.6. The minimum atomic E-state index is 0.546. The van der Waals surface area contributed by atoms with Crippen LogP contribution in [0.2, 0.25) is 0 Å². The molecule has 0 aromatic carbocycles. The molecule has 0 bridgehead atoms. The molecule has 8 aliphatic rings. The topological polar surface area (TPSA) is 9.23 Å². The van der Waals surface area contributed by atoms with Crippen LogP contribution < -0.4 is 0 Å². The maximum Gasteiger partial charge on any atom is 0.0582 e. The smallest absolute Gasteiger partial charge is 0.0582 e. The second-order valence-electron chi connectivity index (χ2n) is 25.3. The lowest BCUT2D eigenvalue weighted by molar-refractivity contribution is -0.168. The Morgan fingerprint density at radius 1 is 0.418 bits per heavy atom. The molecule has 0 aromatic heterocycles. The summed E-state index contributed by atoms with van der Waals surface area (Å²) < 4.78 is 7.34. The molecule has 8 saturated carbocycles. The van der Waals surface area contributed by atoms with Gasteiger partial charge in [0.2, 0.25) is 0 Å². The van der Waals surface area contributed by atoms with Crippen molar-refractivity contribution in [2.75, 3.05) is 0 Å². The fraction of sp³-hybridized carbons (Fsp3) is 1.00. The van der Waals surface area contributed by atoms with Gasteiger partial charge in [0.05, 0.1) is 12.2 Å². The molecule has 55 heavy (non-hydrogen) atoms. The number of hydrogen-bond donors (Lipinski definition) is 0. The van der Waals surface area contributed by atoms with Crippen molar-refractivity contribution in [3.63, 3.8) is 0 Å². The SMILES string of the molecule is CC(C)CCCC(C)C1CCC2C3CCC4CC(OC5CCC6(C)C(CCC7C6CCC6(C)C(C(C)CCCC(C)C)CCC76)C5)CCC4(C)C3CCC12C. The second-order valence-corrected chi connectivity index (χ2v) is 25.3. The lowest BCUT2D eigenvalue weighted by atomic mass is 9.44. The van der Waals surface area contributed by atoms with Crippen molar-refractivity contribution in [1.82, 2.24) is 0 Å². The van der Waals surface area contributed by atoms with E-state index in [9.17, 15) is 0 Å². The van der Waals surface area contributed by atoms with Gasteiger partial charge < -0.3 is 4.74 Å². The van der Waals surface area contributed by atoms with E-state index in [0.717, 1.165) is 82.9 Å². The number of fused-ring (bicyclic) bond motifs is 10. The highest BCUT2D eigenvalue weighted by Crippen LogP contribution is 2.70. The summed E-state index contributed by atoms with van der Waals surface area (Å²) in [6.45, 7) is 26.1. The van der Waals surface area contributed by atoms with Crippen molar-refractivity contribution in [2.24, 2.45) is 105 Å². The molecule has 18 atom stereocenters. The van der Waals surface area contributed by atoms with E-state index in [-0.39, 0.29) is 0 Å². The van der Waals surface area contributed by atoms with Gasteiger partial charge in [-0.2, -0.15) is 0 Å². The maximum absolute atomic E-state index is 7.34. The fourth-order valence-electron chi connectivity index (χ4n) is 19.0. The zero-order chi connectivity index (χ0) is 38.9. The molecule has 0 radical (unpaired) electrons. The summed E-state index contributed by atoms with van der Waals surface area (Å²) in [6, 6.07) is 0. The number of ether oxygens (including phenoxy) is 1. The summed E-state index contributed by atoms with van der Waals surface area (Å²) in [7, 11) is 0. The summed E-state index contributed by atoms with van der Waals surface area (Å²) in [4.78, 5) is 0. The third-order valence-electron chi connectivity index (χ3n) is 22.0. The third kappa shape index (κ3) is 7.44. The standard InChI is InChI=1S/C54H94O/c1-35(2)13-11-15-37(5)45-21-23-47-43-19-17-39-33-41(25-29-51(39,7)49(43)27-31-53(45,47)9)55-42-26-30-52(8)40(34-42)18-20-44-48-24-22-46(38(6)16-12-14-36(3)4)54(48,10)32-28-50(44)52/h35-50H,11-34H2,1-10H3. The summed E-state index contributed by atoms with van der Waals surface area (Å²) in [5.74, 6) is 13.4. The average Bonchev–Trinajstić information content (AvgIpc) is 3.68. The molecule has 1 nitrogen and oxygen atoms in total. The Kier molecular flexibility index (Phi) is 12.2. The molecule has 8 aliphatic carbocycles. The van der Waals surface area contributed by atoms with E-state index < -0.39 is 0 Å². The Balaban J connectivity index is 0.840. The fourth-order valence-corrected chi connectivity index (χ4v) is 19.0. The molecule has 0 heterocycles.